The van der Waals surface area contributed by atoms with Gasteiger partial charge in [0.15, 0.2) is 0 Å². The number of rotatable bonds is 4. The van der Waals surface area contributed by atoms with Crippen molar-refractivity contribution >= 4 is 40.6 Å². The molecule has 37 heavy (non-hydrogen) atoms. The van der Waals surface area contributed by atoms with Gasteiger partial charge in [0.05, 0.1) is 16.4 Å². The highest BCUT2D eigenvalue weighted by molar-refractivity contribution is 6.44. The fourth-order valence-corrected chi connectivity index (χ4v) is 4.48. The van der Waals surface area contributed by atoms with Gasteiger partial charge in [0.25, 0.3) is 0 Å². The van der Waals surface area contributed by atoms with E-state index < -0.39 is 17.6 Å². The van der Waals surface area contributed by atoms with Gasteiger partial charge in [0, 0.05) is 41.8 Å². The lowest BCUT2D eigenvalue weighted by Gasteiger charge is -2.11. The minimum absolute atomic E-state index is 0.162. The summed E-state index contributed by atoms with van der Waals surface area (Å²) in [7, 11) is 1.63. The van der Waals surface area contributed by atoms with Gasteiger partial charge in [-0.2, -0.15) is 5.10 Å². The molecule has 0 radical (unpaired) electrons. The van der Waals surface area contributed by atoms with Crippen molar-refractivity contribution in [2.45, 2.75) is 13.8 Å². The minimum Gasteiger partial charge on any atom is -0.318 e. The highest BCUT2D eigenvalue weighted by Crippen LogP contribution is 2.36. The Hall–Kier alpha value is -4.50. The van der Waals surface area contributed by atoms with Crippen molar-refractivity contribution in [2.24, 2.45) is 7.05 Å². The van der Waals surface area contributed by atoms with E-state index in [1.54, 1.807) is 32.2 Å². The zero-order valence-electron chi connectivity index (χ0n) is 20.2. The number of benzene rings is 2. The molecule has 0 fully saturated rings. The number of anilines is 2. The molecule has 0 aliphatic heterocycles. The standard InChI is InChI=1S/C27H22ClFN6O2/c1-15-6-5-11-35-14-22(31-24(15)35)17-7-4-8-19(12-17)30-26(36)27(37)32-25-23(16(2)33-34(25)3)20-10-9-18(29)13-21(20)28/h4-14H,1-3H3,(H,30,36)(H,32,37). The van der Waals surface area contributed by atoms with E-state index in [0.717, 1.165) is 22.5 Å². The largest absolute Gasteiger partial charge is 0.318 e. The van der Waals surface area contributed by atoms with Gasteiger partial charge in [-0.05, 0) is 55.8 Å². The van der Waals surface area contributed by atoms with Crippen molar-refractivity contribution in [1.29, 1.82) is 0 Å². The fourth-order valence-electron chi connectivity index (χ4n) is 4.22. The number of nitrogens with one attached hydrogen (secondary N) is 2. The average molecular weight is 517 g/mol. The van der Waals surface area contributed by atoms with Crippen LogP contribution in [0.1, 0.15) is 11.3 Å². The Morgan fingerprint density at radius 1 is 1.00 bits per heavy atom. The summed E-state index contributed by atoms with van der Waals surface area (Å²) in [6.45, 7) is 3.72. The summed E-state index contributed by atoms with van der Waals surface area (Å²) in [5.41, 5.74) is 5.39. The number of nitrogens with zero attached hydrogens (tertiary/aromatic N) is 4. The number of aryl methyl sites for hydroxylation is 3. The molecule has 0 unspecified atom stereocenters. The van der Waals surface area contributed by atoms with Crippen molar-refractivity contribution in [3.63, 3.8) is 0 Å². The molecule has 2 amide bonds. The van der Waals surface area contributed by atoms with Gasteiger partial charge in [-0.15, -0.1) is 0 Å². The number of carbonyl (C=O) groups excluding carboxylic acids is 2. The first-order valence-corrected chi connectivity index (χ1v) is 11.7. The van der Waals surface area contributed by atoms with Crippen molar-refractivity contribution in [1.82, 2.24) is 19.2 Å². The van der Waals surface area contributed by atoms with E-state index in [2.05, 4.69) is 20.7 Å². The van der Waals surface area contributed by atoms with Crippen LogP contribution >= 0.6 is 11.6 Å². The van der Waals surface area contributed by atoms with Gasteiger partial charge >= 0.3 is 11.8 Å². The second-order valence-corrected chi connectivity index (χ2v) is 9.00. The Morgan fingerprint density at radius 2 is 1.78 bits per heavy atom. The lowest BCUT2D eigenvalue weighted by Crippen LogP contribution is -2.30. The van der Waals surface area contributed by atoms with E-state index in [1.807, 2.05) is 41.9 Å². The number of halogens is 2. The van der Waals surface area contributed by atoms with Crippen LogP contribution in [0.5, 0.6) is 0 Å². The Bertz CT molecular complexity index is 1690. The van der Waals surface area contributed by atoms with Crippen molar-refractivity contribution in [3.8, 4) is 22.4 Å². The number of carbonyl (C=O) groups is 2. The number of pyridine rings is 1. The lowest BCUT2D eigenvalue weighted by atomic mass is 10.1. The number of hydrogen-bond donors (Lipinski definition) is 2. The topological polar surface area (TPSA) is 93.3 Å². The van der Waals surface area contributed by atoms with Gasteiger partial charge in [0.1, 0.15) is 17.3 Å². The third-order valence-corrected chi connectivity index (χ3v) is 6.27. The molecule has 8 nitrogen and oxygen atoms in total. The average Bonchev–Trinajstić information content (AvgIpc) is 3.41. The molecule has 0 saturated carbocycles. The molecule has 186 valence electrons. The summed E-state index contributed by atoms with van der Waals surface area (Å²) in [4.78, 5) is 30.3. The van der Waals surface area contributed by atoms with Gasteiger partial charge in [0.2, 0.25) is 0 Å². The minimum atomic E-state index is -0.892. The number of amides is 2. The van der Waals surface area contributed by atoms with Gasteiger partial charge in [-0.25, -0.2) is 9.37 Å². The second kappa shape index (κ2) is 9.51. The zero-order valence-corrected chi connectivity index (χ0v) is 21.0. The molecule has 5 rings (SSSR count). The molecule has 0 aliphatic carbocycles. The summed E-state index contributed by atoms with van der Waals surface area (Å²) in [5.74, 6) is -1.98. The number of aromatic nitrogens is 4. The maximum Gasteiger partial charge on any atom is 0.315 e. The van der Waals surface area contributed by atoms with Crippen LogP contribution in [-0.4, -0.2) is 31.0 Å². The summed E-state index contributed by atoms with van der Waals surface area (Å²) >= 11 is 6.25. The third kappa shape index (κ3) is 4.68. The maximum absolute atomic E-state index is 13.6. The first kappa shape index (κ1) is 24.2. The van der Waals surface area contributed by atoms with E-state index in [-0.39, 0.29) is 10.8 Å². The molecule has 2 aromatic carbocycles. The molecule has 5 aromatic rings. The van der Waals surface area contributed by atoms with Crippen LogP contribution in [0, 0.1) is 19.7 Å². The highest BCUT2D eigenvalue weighted by Gasteiger charge is 2.23. The van der Waals surface area contributed by atoms with Crippen LogP contribution in [-0.2, 0) is 16.6 Å². The molecule has 0 aliphatic rings. The third-order valence-electron chi connectivity index (χ3n) is 5.95. The highest BCUT2D eigenvalue weighted by atomic mass is 35.5. The predicted octanol–water partition coefficient (Wildman–Crippen LogP) is 5.39. The van der Waals surface area contributed by atoms with Crippen molar-refractivity contribution < 1.29 is 14.0 Å². The Balaban J connectivity index is 1.37. The zero-order chi connectivity index (χ0) is 26.3. The van der Waals surface area contributed by atoms with Crippen molar-refractivity contribution in [3.05, 3.63) is 89.1 Å². The fraction of sp³-hybridized carbons (Fsp3) is 0.111. The van der Waals surface area contributed by atoms with Crippen molar-refractivity contribution in [2.75, 3.05) is 10.6 Å². The Morgan fingerprint density at radius 3 is 2.54 bits per heavy atom. The number of hydrogen-bond acceptors (Lipinski definition) is 4. The molecular formula is C27H22ClFN6O2. The molecule has 0 atom stereocenters. The first-order chi connectivity index (χ1) is 17.7. The quantitative estimate of drug-likeness (QED) is 0.313. The van der Waals surface area contributed by atoms with E-state index >= 15 is 0 Å². The van der Waals surface area contributed by atoms with Crippen LogP contribution < -0.4 is 10.6 Å². The maximum atomic E-state index is 13.6. The molecule has 2 N–H and O–H groups in total. The second-order valence-electron chi connectivity index (χ2n) is 8.59. The molecular weight excluding hydrogens is 495 g/mol. The number of imidazole rings is 1. The molecule has 0 spiro atoms. The Kier molecular flexibility index (Phi) is 6.22. The summed E-state index contributed by atoms with van der Waals surface area (Å²) in [6.07, 6.45) is 3.82. The summed E-state index contributed by atoms with van der Waals surface area (Å²) in [6, 6.07) is 15.0. The molecule has 3 aromatic heterocycles. The van der Waals surface area contributed by atoms with Crippen LogP contribution in [0.4, 0.5) is 15.9 Å². The normalized spacial score (nSPS) is 11.1. The van der Waals surface area contributed by atoms with E-state index in [4.69, 9.17) is 11.6 Å². The van der Waals surface area contributed by atoms with Crippen LogP contribution in [0.15, 0.2) is 67.0 Å². The smallest absolute Gasteiger partial charge is 0.315 e. The monoisotopic (exact) mass is 516 g/mol. The van der Waals surface area contributed by atoms with Crippen LogP contribution in [0.2, 0.25) is 5.02 Å². The molecule has 3 heterocycles. The van der Waals surface area contributed by atoms with E-state index in [1.165, 1.54) is 22.9 Å². The molecule has 10 heteroatoms. The lowest BCUT2D eigenvalue weighted by molar-refractivity contribution is -0.133. The van der Waals surface area contributed by atoms with Crippen LogP contribution in [0.25, 0.3) is 28.0 Å². The van der Waals surface area contributed by atoms with Gasteiger partial charge in [-0.1, -0.05) is 29.8 Å². The SMILES string of the molecule is Cc1nn(C)c(NC(=O)C(=O)Nc2cccc(-c3cn4cccc(C)c4n3)c2)c1-c1ccc(F)cc1Cl. The molecule has 0 saturated heterocycles. The first-order valence-electron chi connectivity index (χ1n) is 11.4. The molecule has 0 bridgehead atoms. The predicted molar refractivity (Wildman–Crippen MR) is 141 cm³/mol. The number of fused-ring (bicyclic) bond motifs is 1. The van der Waals surface area contributed by atoms with Gasteiger partial charge in [-0.3, -0.25) is 14.3 Å². The van der Waals surface area contributed by atoms with Gasteiger partial charge < -0.3 is 15.0 Å². The summed E-state index contributed by atoms with van der Waals surface area (Å²) in [5, 5.41) is 9.73. The van der Waals surface area contributed by atoms with Crippen LogP contribution in [0.3, 0.4) is 0 Å². The van der Waals surface area contributed by atoms with E-state index in [9.17, 15) is 14.0 Å². The summed E-state index contributed by atoms with van der Waals surface area (Å²) < 4.78 is 16.9. The Labute approximate surface area is 216 Å². The van der Waals surface area contributed by atoms with E-state index in [0.29, 0.717) is 22.5 Å².